The largest absolute Gasteiger partial charge is 0.494 e. The molecule has 1 aliphatic carbocycles. The summed E-state index contributed by atoms with van der Waals surface area (Å²) in [7, 11) is 4.14. The third kappa shape index (κ3) is 21.6. The van der Waals surface area contributed by atoms with Crippen molar-refractivity contribution >= 4 is 51.9 Å². The number of aromatic nitrogens is 1. The smallest absolute Gasteiger partial charge is 0.325 e. The van der Waals surface area contributed by atoms with E-state index in [0.717, 1.165) is 69.6 Å². The van der Waals surface area contributed by atoms with E-state index in [4.69, 9.17) is 29.5 Å². The van der Waals surface area contributed by atoms with Gasteiger partial charge < -0.3 is 54.9 Å². The van der Waals surface area contributed by atoms with Gasteiger partial charge in [-0.25, -0.2) is 9.78 Å². The van der Waals surface area contributed by atoms with Gasteiger partial charge in [-0.3, -0.25) is 19.9 Å². The molecule has 2 fully saturated rings. The van der Waals surface area contributed by atoms with Gasteiger partial charge >= 0.3 is 6.03 Å². The first-order valence-corrected chi connectivity index (χ1v) is 23.5. The number of hydrogen-bond acceptors (Lipinski definition) is 15. The summed E-state index contributed by atoms with van der Waals surface area (Å²) in [6.07, 6.45) is 7.90. The van der Waals surface area contributed by atoms with E-state index in [1.54, 1.807) is 35.9 Å². The first-order valence-electron chi connectivity index (χ1n) is 22.6. The maximum Gasteiger partial charge on any atom is 0.325 e. The SMILES string of the molecule is CN(CCCCOc1ccc(CCC(=O)NC2CC2)cc1)CCOCCOCC/C(C=NCCOCCOc1ccc(NC(=O)Nc2nc(CC(=O)N3CCN(C)CC3)cs2)cc1)=N/N. The van der Waals surface area contributed by atoms with Crippen molar-refractivity contribution in [2.45, 2.75) is 57.4 Å². The fourth-order valence-electron chi connectivity index (χ4n) is 6.47. The van der Waals surface area contributed by atoms with Crippen molar-refractivity contribution in [2.75, 3.05) is 123 Å². The molecule has 19 heteroatoms. The summed E-state index contributed by atoms with van der Waals surface area (Å²) in [4.78, 5) is 52.1. The van der Waals surface area contributed by atoms with E-state index >= 15 is 0 Å². The number of nitrogens with two attached hydrogens (primary N) is 1. The average Bonchev–Trinajstić information content (AvgIpc) is 4.02. The predicted molar refractivity (Wildman–Crippen MR) is 255 cm³/mol. The molecular weight excluding hydrogens is 853 g/mol. The molecule has 4 amide bonds. The molecule has 0 bridgehead atoms. The molecule has 0 atom stereocenters. The second-order valence-corrected chi connectivity index (χ2v) is 16.9. The fraction of sp³-hybridized carbons (Fsp3) is 0.565. The van der Waals surface area contributed by atoms with Crippen LogP contribution in [0.5, 0.6) is 11.5 Å². The molecule has 3 aromatic rings. The summed E-state index contributed by atoms with van der Waals surface area (Å²) < 4.78 is 28.7. The molecule has 1 saturated heterocycles. The zero-order valence-electron chi connectivity index (χ0n) is 38.0. The van der Waals surface area contributed by atoms with E-state index in [2.05, 4.69) is 47.9 Å². The molecule has 1 aliphatic heterocycles. The molecule has 2 heterocycles. The molecule has 0 unspecified atom stereocenters. The van der Waals surface area contributed by atoms with Crippen LogP contribution in [-0.2, 0) is 36.6 Å². The summed E-state index contributed by atoms with van der Waals surface area (Å²) in [5, 5.41) is 14.6. The van der Waals surface area contributed by atoms with Crippen LogP contribution in [0.2, 0.25) is 0 Å². The Bertz CT molecular complexity index is 1900. The minimum atomic E-state index is -0.426. The highest BCUT2D eigenvalue weighted by Crippen LogP contribution is 2.21. The van der Waals surface area contributed by atoms with Crippen molar-refractivity contribution in [3.63, 3.8) is 0 Å². The van der Waals surface area contributed by atoms with Crippen molar-refractivity contribution in [3.05, 3.63) is 65.2 Å². The molecule has 2 aliphatic rings. The number of urea groups is 1. The second-order valence-electron chi connectivity index (χ2n) is 16.0. The van der Waals surface area contributed by atoms with Gasteiger partial charge in [0.1, 0.15) is 18.1 Å². The number of likely N-dealkylation sites (N-methyl/N-ethyl adjacent to an activating group) is 2. The van der Waals surface area contributed by atoms with E-state index in [1.165, 1.54) is 11.3 Å². The van der Waals surface area contributed by atoms with Crippen LogP contribution < -0.4 is 31.3 Å². The first kappa shape index (κ1) is 50.8. The van der Waals surface area contributed by atoms with Crippen LogP contribution in [0.4, 0.5) is 15.6 Å². The van der Waals surface area contributed by atoms with Gasteiger partial charge in [0, 0.05) is 68.9 Å². The Balaban J connectivity index is 0.785. The Kier molecular flexibility index (Phi) is 23.0. The number of aryl methyl sites for hydroxylation is 1. The summed E-state index contributed by atoms with van der Waals surface area (Å²) in [5.74, 6) is 7.23. The minimum Gasteiger partial charge on any atom is -0.494 e. The number of thiazole rings is 1. The normalized spacial score (nSPS) is 14.5. The third-order valence-electron chi connectivity index (χ3n) is 10.5. The number of benzene rings is 2. The Hall–Kier alpha value is -5.18. The second kappa shape index (κ2) is 29.4. The van der Waals surface area contributed by atoms with Crippen molar-refractivity contribution < 1.29 is 38.1 Å². The van der Waals surface area contributed by atoms with Crippen molar-refractivity contribution in [3.8, 4) is 11.5 Å². The number of piperazine rings is 1. The molecule has 2 aromatic carbocycles. The van der Waals surface area contributed by atoms with Crippen LogP contribution in [0.25, 0.3) is 0 Å². The van der Waals surface area contributed by atoms with Crippen LogP contribution in [-0.4, -0.2) is 168 Å². The van der Waals surface area contributed by atoms with Crippen LogP contribution in [0.3, 0.4) is 0 Å². The van der Waals surface area contributed by atoms with Gasteiger partial charge in [0.2, 0.25) is 11.8 Å². The zero-order valence-corrected chi connectivity index (χ0v) is 38.9. The molecule has 5 N–H and O–H groups in total. The lowest BCUT2D eigenvalue weighted by atomic mass is 10.1. The number of carbonyl (C=O) groups excluding carboxylic acids is 3. The van der Waals surface area contributed by atoms with E-state index in [0.29, 0.717) is 119 Å². The molecule has 0 spiro atoms. The van der Waals surface area contributed by atoms with Gasteiger partial charge in [-0.05, 0) is 94.7 Å². The average molecular weight is 921 g/mol. The highest BCUT2D eigenvalue weighted by Gasteiger charge is 2.23. The van der Waals surface area contributed by atoms with Crippen LogP contribution in [0.1, 0.15) is 49.8 Å². The van der Waals surface area contributed by atoms with Gasteiger partial charge in [0.15, 0.2) is 5.13 Å². The number of hydrazone groups is 1. The van der Waals surface area contributed by atoms with E-state index in [1.807, 2.05) is 36.2 Å². The van der Waals surface area contributed by atoms with Crippen molar-refractivity contribution in [1.29, 1.82) is 0 Å². The number of carbonyl (C=O) groups is 3. The maximum atomic E-state index is 12.6. The Labute approximate surface area is 387 Å². The molecule has 0 radical (unpaired) electrons. The number of nitrogens with one attached hydrogen (secondary N) is 3. The number of aliphatic imine (C=N–C) groups is 1. The molecule has 65 heavy (non-hydrogen) atoms. The number of rotatable bonds is 31. The molecule has 356 valence electrons. The van der Waals surface area contributed by atoms with Crippen molar-refractivity contribution in [1.82, 2.24) is 25.0 Å². The fourth-order valence-corrected chi connectivity index (χ4v) is 7.18. The summed E-state index contributed by atoms with van der Waals surface area (Å²) in [5.41, 5.74) is 3.02. The molecular formula is C46H68N10O8S. The molecule has 1 aromatic heterocycles. The van der Waals surface area contributed by atoms with Crippen LogP contribution >= 0.6 is 11.3 Å². The summed E-state index contributed by atoms with van der Waals surface area (Å²) >= 11 is 1.28. The van der Waals surface area contributed by atoms with E-state index in [-0.39, 0.29) is 18.2 Å². The highest BCUT2D eigenvalue weighted by atomic mass is 32.1. The van der Waals surface area contributed by atoms with Crippen LogP contribution in [0.15, 0.2) is 64.0 Å². The standard InChI is InChI=1S/C46H68N10O8S/c1-54(19-3-4-25-63-41-12-5-36(6-13-41)7-16-43(57)49-37-8-9-37)24-28-62-30-29-60-26-17-39(53-47)34-48-18-27-61-31-32-64-42-14-10-38(11-15-42)50-45(59)52-46-51-40(35-65-46)33-44(58)56-22-20-55(2)21-23-56/h5-6,10-15,34-35,37H,3-4,7-9,16-33,47H2,1-2H3,(H,49,57)(H2,50,51,52,59)/b48-34?,53-39-. The van der Waals surface area contributed by atoms with Gasteiger partial charge in [0.05, 0.1) is 70.6 Å². The van der Waals surface area contributed by atoms with Gasteiger partial charge in [-0.2, -0.15) is 5.10 Å². The van der Waals surface area contributed by atoms with Crippen molar-refractivity contribution in [2.24, 2.45) is 15.9 Å². The van der Waals surface area contributed by atoms with E-state index in [9.17, 15) is 14.4 Å². The number of anilines is 2. The van der Waals surface area contributed by atoms with Gasteiger partial charge in [-0.15, -0.1) is 11.3 Å². The first-order chi connectivity index (χ1) is 31.7. The minimum absolute atomic E-state index is 0.0480. The van der Waals surface area contributed by atoms with E-state index < -0.39 is 6.03 Å². The lowest BCUT2D eigenvalue weighted by Crippen LogP contribution is -2.47. The maximum absolute atomic E-state index is 12.6. The topological polar surface area (TPSA) is 207 Å². The summed E-state index contributed by atoms with van der Waals surface area (Å²) in [6.45, 7) is 9.34. The monoisotopic (exact) mass is 920 g/mol. The quantitative estimate of drug-likeness (QED) is 0.0309. The van der Waals surface area contributed by atoms with Gasteiger partial charge in [-0.1, -0.05) is 12.1 Å². The lowest BCUT2D eigenvalue weighted by Gasteiger charge is -2.32. The molecule has 5 rings (SSSR count). The Morgan fingerprint density at radius 2 is 1.52 bits per heavy atom. The Morgan fingerprint density at radius 1 is 0.831 bits per heavy atom. The third-order valence-corrected chi connectivity index (χ3v) is 11.3. The molecule has 1 saturated carbocycles. The number of hydrogen-bond donors (Lipinski definition) is 4. The van der Waals surface area contributed by atoms with Crippen LogP contribution in [0, 0.1) is 0 Å². The molecule has 18 nitrogen and oxygen atoms in total. The number of amides is 4. The number of ether oxygens (including phenoxy) is 5. The highest BCUT2D eigenvalue weighted by molar-refractivity contribution is 7.14. The number of unbranched alkanes of at least 4 members (excludes halogenated alkanes) is 1. The Morgan fingerprint density at radius 3 is 2.26 bits per heavy atom. The number of nitrogens with zero attached hydrogens (tertiary/aromatic N) is 6. The predicted octanol–water partition coefficient (Wildman–Crippen LogP) is 4.31. The lowest BCUT2D eigenvalue weighted by molar-refractivity contribution is -0.132. The zero-order chi connectivity index (χ0) is 45.9. The summed E-state index contributed by atoms with van der Waals surface area (Å²) in [6, 6.07) is 15.1. The van der Waals surface area contributed by atoms with Gasteiger partial charge in [0.25, 0.3) is 0 Å².